The summed E-state index contributed by atoms with van der Waals surface area (Å²) in [6.07, 6.45) is 3.41. The number of halogens is 1. The van der Waals surface area contributed by atoms with Crippen LogP contribution in [0.15, 0.2) is 34.4 Å². The van der Waals surface area contributed by atoms with Crippen molar-refractivity contribution in [2.75, 3.05) is 5.32 Å². The molecular formula is C11H11BrN2OS. The minimum Gasteiger partial charge on any atom is -0.392 e. The van der Waals surface area contributed by atoms with Gasteiger partial charge in [-0.1, -0.05) is 0 Å². The van der Waals surface area contributed by atoms with Crippen molar-refractivity contribution in [3.63, 3.8) is 0 Å². The van der Waals surface area contributed by atoms with Gasteiger partial charge in [0.25, 0.3) is 0 Å². The summed E-state index contributed by atoms with van der Waals surface area (Å²) in [6.45, 7) is 0.772. The molecule has 2 aromatic heterocycles. The summed E-state index contributed by atoms with van der Waals surface area (Å²) in [5, 5.41) is 12.4. The van der Waals surface area contributed by atoms with Crippen molar-refractivity contribution >= 4 is 33.0 Å². The lowest BCUT2D eigenvalue weighted by atomic mass is 10.2. The number of hydrogen-bond donors (Lipinski definition) is 2. The van der Waals surface area contributed by atoms with E-state index in [0.29, 0.717) is 0 Å². The molecule has 0 saturated heterocycles. The summed E-state index contributed by atoms with van der Waals surface area (Å²) in [5.74, 6) is 0. The molecule has 16 heavy (non-hydrogen) atoms. The van der Waals surface area contributed by atoms with Crippen molar-refractivity contribution < 1.29 is 5.11 Å². The van der Waals surface area contributed by atoms with E-state index in [1.165, 1.54) is 4.88 Å². The molecule has 2 rings (SSSR count). The Labute approximate surface area is 106 Å². The average Bonchev–Trinajstić information content (AvgIpc) is 2.73. The number of hydrogen-bond acceptors (Lipinski definition) is 4. The maximum atomic E-state index is 9.15. The predicted octanol–water partition coefficient (Wildman–Crippen LogP) is 3.01. The number of aliphatic hydroxyl groups is 1. The molecule has 0 amide bonds. The third-order valence-corrected chi connectivity index (χ3v) is 3.79. The van der Waals surface area contributed by atoms with E-state index in [1.54, 1.807) is 23.7 Å². The van der Waals surface area contributed by atoms with E-state index >= 15 is 0 Å². The van der Waals surface area contributed by atoms with E-state index in [9.17, 15) is 0 Å². The molecule has 0 radical (unpaired) electrons. The molecule has 0 aliphatic heterocycles. The van der Waals surface area contributed by atoms with Crippen LogP contribution in [0.25, 0.3) is 0 Å². The molecule has 5 heteroatoms. The fourth-order valence-electron chi connectivity index (χ4n) is 1.35. The second kappa shape index (κ2) is 5.43. The standard InChI is InChI=1S/C11H11BrN2OS/c12-11-2-1-9(16-11)5-14-10-6-13-4-3-8(10)7-15/h1-4,6,14-15H,5,7H2. The van der Waals surface area contributed by atoms with Gasteiger partial charge in [-0.2, -0.15) is 0 Å². The van der Waals surface area contributed by atoms with Gasteiger partial charge in [-0.3, -0.25) is 4.98 Å². The second-order valence-electron chi connectivity index (χ2n) is 3.25. The number of pyridine rings is 1. The number of aliphatic hydroxyl groups excluding tert-OH is 1. The first-order valence-electron chi connectivity index (χ1n) is 4.81. The highest BCUT2D eigenvalue weighted by molar-refractivity contribution is 9.11. The van der Waals surface area contributed by atoms with Gasteiger partial charge in [0.1, 0.15) is 0 Å². The van der Waals surface area contributed by atoms with Crippen molar-refractivity contribution in [3.05, 3.63) is 44.8 Å². The fraction of sp³-hybridized carbons (Fsp3) is 0.182. The molecule has 0 aliphatic rings. The minimum absolute atomic E-state index is 0.0268. The normalized spacial score (nSPS) is 10.4. The maximum Gasteiger partial charge on any atom is 0.0703 e. The first-order chi connectivity index (χ1) is 7.79. The molecule has 0 fully saturated rings. The Kier molecular flexibility index (Phi) is 3.93. The van der Waals surface area contributed by atoms with Crippen LogP contribution < -0.4 is 5.32 Å². The zero-order chi connectivity index (χ0) is 11.4. The molecule has 84 valence electrons. The summed E-state index contributed by atoms with van der Waals surface area (Å²) < 4.78 is 1.12. The van der Waals surface area contributed by atoms with E-state index in [-0.39, 0.29) is 6.61 Å². The van der Waals surface area contributed by atoms with Crippen LogP contribution in [0.5, 0.6) is 0 Å². The largest absolute Gasteiger partial charge is 0.392 e. The summed E-state index contributed by atoms with van der Waals surface area (Å²) in [7, 11) is 0. The zero-order valence-corrected chi connectivity index (χ0v) is 10.9. The van der Waals surface area contributed by atoms with Crippen molar-refractivity contribution in [2.45, 2.75) is 13.2 Å². The highest BCUT2D eigenvalue weighted by Gasteiger charge is 2.02. The van der Waals surface area contributed by atoms with Crippen molar-refractivity contribution in [1.82, 2.24) is 4.98 Å². The molecule has 0 atom stereocenters. The van der Waals surface area contributed by atoms with Crippen molar-refractivity contribution in [3.8, 4) is 0 Å². The van der Waals surface area contributed by atoms with E-state index in [0.717, 1.165) is 21.6 Å². The average molecular weight is 299 g/mol. The molecule has 2 aromatic rings. The van der Waals surface area contributed by atoms with Gasteiger partial charge in [0.2, 0.25) is 0 Å². The number of thiophene rings is 1. The fourth-order valence-corrected chi connectivity index (χ4v) is 2.77. The molecule has 0 bridgehead atoms. The van der Waals surface area contributed by atoms with Crippen molar-refractivity contribution in [1.29, 1.82) is 0 Å². The topological polar surface area (TPSA) is 45.2 Å². The Morgan fingerprint density at radius 3 is 2.94 bits per heavy atom. The summed E-state index contributed by atoms with van der Waals surface area (Å²) >= 11 is 5.12. The Morgan fingerprint density at radius 1 is 1.38 bits per heavy atom. The zero-order valence-electron chi connectivity index (χ0n) is 8.48. The molecule has 3 nitrogen and oxygen atoms in total. The lowest BCUT2D eigenvalue weighted by molar-refractivity contribution is 0.282. The molecule has 0 spiro atoms. The van der Waals surface area contributed by atoms with Crippen LogP contribution in [-0.2, 0) is 13.2 Å². The number of nitrogens with one attached hydrogen (secondary N) is 1. The summed E-state index contributed by atoms with van der Waals surface area (Å²) in [4.78, 5) is 5.27. The van der Waals surface area contributed by atoms with E-state index in [4.69, 9.17) is 5.11 Å². The van der Waals surface area contributed by atoms with Crippen LogP contribution >= 0.6 is 27.3 Å². The smallest absolute Gasteiger partial charge is 0.0703 e. The number of aromatic nitrogens is 1. The summed E-state index contributed by atoms with van der Waals surface area (Å²) in [5.41, 5.74) is 1.75. The van der Waals surface area contributed by atoms with Crippen LogP contribution in [-0.4, -0.2) is 10.1 Å². The number of rotatable bonds is 4. The van der Waals surface area contributed by atoms with E-state index < -0.39 is 0 Å². The van der Waals surface area contributed by atoms with E-state index in [1.807, 2.05) is 12.1 Å². The Bertz CT molecular complexity index is 473. The minimum atomic E-state index is 0.0268. The Hall–Kier alpha value is -0.910. The van der Waals surface area contributed by atoms with Gasteiger partial charge in [0.15, 0.2) is 0 Å². The number of anilines is 1. The van der Waals surface area contributed by atoms with Crippen LogP contribution in [0.4, 0.5) is 5.69 Å². The maximum absolute atomic E-state index is 9.15. The van der Waals surface area contributed by atoms with Gasteiger partial charge in [0.05, 0.1) is 22.3 Å². The lowest BCUT2D eigenvalue weighted by Gasteiger charge is -2.08. The molecule has 0 aliphatic carbocycles. The molecule has 2 N–H and O–H groups in total. The molecule has 0 unspecified atom stereocenters. The van der Waals surface area contributed by atoms with E-state index in [2.05, 4.69) is 32.3 Å². The van der Waals surface area contributed by atoms with Crippen molar-refractivity contribution in [2.24, 2.45) is 0 Å². The third-order valence-electron chi connectivity index (χ3n) is 2.16. The second-order valence-corrected chi connectivity index (χ2v) is 5.80. The first-order valence-corrected chi connectivity index (χ1v) is 6.42. The van der Waals surface area contributed by atoms with Gasteiger partial charge >= 0.3 is 0 Å². The van der Waals surface area contributed by atoms with Gasteiger partial charge in [0, 0.05) is 23.2 Å². The predicted molar refractivity (Wildman–Crippen MR) is 69.5 cm³/mol. The highest BCUT2D eigenvalue weighted by atomic mass is 79.9. The molecule has 0 saturated carbocycles. The van der Waals surface area contributed by atoms with Gasteiger partial charge in [-0.15, -0.1) is 11.3 Å². The van der Waals surface area contributed by atoms with Gasteiger partial charge in [-0.25, -0.2) is 0 Å². The van der Waals surface area contributed by atoms with Crippen LogP contribution in [0.1, 0.15) is 10.4 Å². The van der Waals surface area contributed by atoms with Crippen LogP contribution in [0.2, 0.25) is 0 Å². The number of nitrogens with zero attached hydrogens (tertiary/aromatic N) is 1. The van der Waals surface area contributed by atoms with Gasteiger partial charge < -0.3 is 10.4 Å². The lowest BCUT2D eigenvalue weighted by Crippen LogP contribution is -2.01. The SMILES string of the molecule is OCc1ccncc1NCc1ccc(Br)s1. The molecule has 0 aromatic carbocycles. The Morgan fingerprint density at radius 2 is 2.25 bits per heavy atom. The first kappa shape index (κ1) is 11.6. The molecule has 2 heterocycles. The van der Waals surface area contributed by atoms with Crippen LogP contribution in [0, 0.1) is 0 Å². The third kappa shape index (κ3) is 2.81. The highest BCUT2D eigenvalue weighted by Crippen LogP contribution is 2.23. The monoisotopic (exact) mass is 298 g/mol. The Balaban J connectivity index is 2.04. The summed E-state index contributed by atoms with van der Waals surface area (Å²) in [6, 6.07) is 5.90. The van der Waals surface area contributed by atoms with Crippen LogP contribution in [0.3, 0.4) is 0 Å². The van der Waals surface area contributed by atoms with Gasteiger partial charge in [-0.05, 0) is 34.1 Å². The molecular weight excluding hydrogens is 288 g/mol. The quantitative estimate of drug-likeness (QED) is 0.912.